The molecule has 0 saturated carbocycles. The van der Waals surface area contributed by atoms with Crippen molar-refractivity contribution in [2.24, 2.45) is 0 Å². The van der Waals surface area contributed by atoms with Gasteiger partial charge in [-0.15, -0.1) is 0 Å². The van der Waals surface area contributed by atoms with E-state index in [1.165, 1.54) is 0 Å². The lowest BCUT2D eigenvalue weighted by Gasteiger charge is -2.14. The number of carbonyl (C=O) groups is 2. The molecule has 1 aromatic carbocycles. The van der Waals surface area contributed by atoms with E-state index in [0.29, 0.717) is 12.0 Å². The summed E-state index contributed by atoms with van der Waals surface area (Å²) in [5, 5.41) is 5.94. The number of amides is 1. The van der Waals surface area contributed by atoms with Gasteiger partial charge in [-0.2, -0.15) is 0 Å². The fourth-order valence-electron chi connectivity index (χ4n) is 2.25. The number of carbonyl (C=O) groups excluding carboxylic acids is 2. The number of likely N-dealkylation sites (N-methyl/N-ethyl adjacent to an activating group) is 1. The van der Waals surface area contributed by atoms with Crippen molar-refractivity contribution >= 4 is 17.4 Å². The Morgan fingerprint density at radius 2 is 2.22 bits per heavy atom. The average Bonchev–Trinajstić information content (AvgIpc) is 2.74. The lowest BCUT2D eigenvalue weighted by Crippen LogP contribution is -2.36. The van der Waals surface area contributed by atoms with Crippen molar-refractivity contribution in [3.63, 3.8) is 0 Å². The van der Waals surface area contributed by atoms with E-state index in [1.54, 1.807) is 6.07 Å². The van der Waals surface area contributed by atoms with Crippen LogP contribution in [0.2, 0.25) is 0 Å². The van der Waals surface area contributed by atoms with Crippen molar-refractivity contribution in [2.75, 3.05) is 11.9 Å². The van der Waals surface area contributed by atoms with Crippen LogP contribution in [0.4, 0.5) is 5.69 Å². The zero-order valence-corrected chi connectivity index (χ0v) is 10.7. The maximum Gasteiger partial charge on any atom is 0.228 e. The summed E-state index contributed by atoms with van der Waals surface area (Å²) in [4.78, 5) is 23.5. The van der Waals surface area contributed by atoms with Crippen LogP contribution in [0.3, 0.4) is 0 Å². The number of fused-ring (bicyclic) bond motifs is 1. The van der Waals surface area contributed by atoms with E-state index >= 15 is 0 Å². The van der Waals surface area contributed by atoms with Crippen molar-refractivity contribution in [2.45, 2.75) is 32.7 Å². The second-order valence-electron chi connectivity index (χ2n) is 4.48. The maximum atomic E-state index is 12.3. The molecule has 4 nitrogen and oxygen atoms in total. The molecule has 1 atom stereocenters. The summed E-state index contributed by atoms with van der Waals surface area (Å²) in [6, 6.07) is 5.28. The van der Waals surface area contributed by atoms with E-state index in [9.17, 15) is 9.59 Å². The Bertz CT molecular complexity index is 483. The molecule has 4 heteroatoms. The summed E-state index contributed by atoms with van der Waals surface area (Å²) in [5.74, 6) is 0.0924. The van der Waals surface area contributed by atoms with Gasteiger partial charge >= 0.3 is 0 Å². The summed E-state index contributed by atoms with van der Waals surface area (Å²) in [6.45, 7) is 4.75. The zero-order chi connectivity index (χ0) is 13.1. The second kappa shape index (κ2) is 5.31. The van der Waals surface area contributed by atoms with Gasteiger partial charge in [0.15, 0.2) is 5.78 Å². The van der Waals surface area contributed by atoms with E-state index in [2.05, 4.69) is 10.6 Å². The van der Waals surface area contributed by atoms with Gasteiger partial charge < -0.3 is 10.6 Å². The molecule has 0 radical (unpaired) electrons. The van der Waals surface area contributed by atoms with Gasteiger partial charge in [0, 0.05) is 11.3 Å². The molecule has 2 rings (SSSR count). The number of Topliss-reactive ketones (excluding diaryl/α,β-unsaturated/α-hetero) is 1. The molecule has 1 aliphatic rings. The van der Waals surface area contributed by atoms with Crippen molar-refractivity contribution in [1.82, 2.24) is 5.32 Å². The Hall–Kier alpha value is -1.68. The fourth-order valence-corrected chi connectivity index (χ4v) is 2.25. The monoisotopic (exact) mass is 246 g/mol. The minimum absolute atomic E-state index is 0.00618. The number of nitrogens with one attached hydrogen (secondary N) is 2. The smallest absolute Gasteiger partial charge is 0.228 e. The van der Waals surface area contributed by atoms with Gasteiger partial charge in [0.25, 0.3) is 0 Å². The summed E-state index contributed by atoms with van der Waals surface area (Å²) in [5.41, 5.74) is 2.42. The first-order valence-corrected chi connectivity index (χ1v) is 6.36. The standard InChI is InChI=1S/C14H18N2O2/c1-3-11(15-4-2)14(18)9-5-6-12-10(7-9)8-13(17)16-12/h5-7,11,15H,3-4,8H2,1-2H3,(H,16,17). The van der Waals surface area contributed by atoms with Crippen LogP contribution in [0.15, 0.2) is 18.2 Å². The van der Waals surface area contributed by atoms with Crippen LogP contribution < -0.4 is 10.6 Å². The van der Waals surface area contributed by atoms with Gasteiger partial charge in [-0.25, -0.2) is 0 Å². The third kappa shape index (κ3) is 2.43. The molecule has 1 unspecified atom stereocenters. The topological polar surface area (TPSA) is 58.2 Å². The molecule has 0 aliphatic carbocycles. The molecule has 2 N–H and O–H groups in total. The molecule has 18 heavy (non-hydrogen) atoms. The Labute approximate surface area is 107 Å². The van der Waals surface area contributed by atoms with Crippen molar-refractivity contribution in [3.05, 3.63) is 29.3 Å². The van der Waals surface area contributed by atoms with Crippen LogP contribution >= 0.6 is 0 Å². The third-order valence-corrected chi connectivity index (χ3v) is 3.19. The number of anilines is 1. The molecule has 1 amide bonds. The highest BCUT2D eigenvalue weighted by Gasteiger charge is 2.22. The molecule has 1 aromatic rings. The van der Waals surface area contributed by atoms with E-state index in [1.807, 2.05) is 26.0 Å². The number of ketones is 1. The molecule has 0 aromatic heterocycles. The minimum Gasteiger partial charge on any atom is -0.326 e. The van der Waals surface area contributed by atoms with E-state index in [4.69, 9.17) is 0 Å². The summed E-state index contributed by atoms with van der Waals surface area (Å²) in [7, 11) is 0. The first kappa shape index (κ1) is 12.8. The summed E-state index contributed by atoms with van der Waals surface area (Å²) < 4.78 is 0. The Morgan fingerprint density at radius 3 is 2.89 bits per heavy atom. The first-order valence-electron chi connectivity index (χ1n) is 6.36. The molecule has 1 heterocycles. The summed E-state index contributed by atoms with van der Waals surface area (Å²) in [6.07, 6.45) is 1.13. The normalized spacial score (nSPS) is 15.1. The van der Waals surface area contributed by atoms with Crippen LogP contribution in [-0.2, 0) is 11.2 Å². The summed E-state index contributed by atoms with van der Waals surface area (Å²) >= 11 is 0. The van der Waals surface area contributed by atoms with Crippen molar-refractivity contribution in [1.29, 1.82) is 0 Å². The molecule has 0 spiro atoms. The predicted octanol–water partition coefficient (Wildman–Crippen LogP) is 1.75. The highest BCUT2D eigenvalue weighted by Crippen LogP contribution is 2.24. The van der Waals surface area contributed by atoms with Gasteiger partial charge in [-0.3, -0.25) is 9.59 Å². The van der Waals surface area contributed by atoms with Crippen molar-refractivity contribution < 1.29 is 9.59 Å². The Kier molecular flexibility index (Phi) is 3.77. The maximum absolute atomic E-state index is 12.3. The van der Waals surface area contributed by atoms with Crippen LogP contribution in [0.25, 0.3) is 0 Å². The van der Waals surface area contributed by atoms with Crippen LogP contribution in [0.1, 0.15) is 36.2 Å². The number of benzene rings is 1. The second-order valence-corrected chi connectivity index (χ2v) is 4.48. The number of rotatable bonds is 5. The molecular weight excluding hydrogens is 228 g/mol. The largest absolute Gasteiger partial charge is 0.326 e. The molecule has 0 bridgehead atoms. The Balaban J connectivity index is 2.22. The third-order valence-electron chi connectivity index (χ3n) is 3.19. The molecule has 0 fully saturated rings. The Morgan fingerprint density at radius 1 is 1.44 bits per heavy atom. The van der Waals surface area contributed by atoms with Gasteiger partial charge in [0.1, 0.15) is 0 Å². The highest BCUT2D eigenvalue weighted by atomic mass is 16.2. The van der Waals surface area contributed by atoms with E-state index in [0.717, 1.165) is 24.2 Å². The van der Waals surface area contributed by atoms with Crippen LogP contribution in [-0.4, -0.2) is 24.3 Å². The lowest BCUT2D eigenvalue weighted by atomic mass is 9.99. The first-order chi connectivity index (χ1) is 8.65. The zero-order valence-electron chi connectivity index (χ0n) is 10.7. The van der Waals surface area contributed by atoms with Gasteiger partial charge in [-0.1, -0.05) is 13.8 Å². The van der Waals surface area contributed by atoms with E-state index in [-0.39, 0.29) is 17.7 Å². The van der Waals surface area contributed by atoms with Crippen molar-refractivity contribution in [3.8, 4) is 0 Å². The van der Waals surface area contributed by atoms with Crippen LogP contribution in [0.5, 0.6) is 0 Å². The predicted molar refractivity (Wildman–Crippen MR) is 70.9 cm³/mol. The number of hydrogen-bond donors (Lipinski definition) is 2. The SMILES string of the molecule is CCNC(CC)C(=O)c1ccc2c(c1)CC(=O)N2. The lowest BCUT2D eigenvalue weighted by molar-refractivity contribution is -0.115. The fraction of sp³-hybridized carbons (Fsp3) is 0.429. The average molecular weight is 246 g/mol. The molecule has 96 valence electrons. The van der Waals surface area contributed by atoms with Gasteiger partial charge in [-0.05, 0) is 36.7 Å². The van der Waals surface area contributed by atoms with E-state index < -0.39 is 0 Å². The highest BCUT2D eigenvalue weighted by molar-refractivity contribution is 6.03. The molecule has 1 aliphatic heterocycles. The van der Waals surface area contributed by atoms with Gasteiger partial charge in [0.2, 0.25) is 5.91 Å². The molecular formula is C14H18N2O2. The molecule has 0 saturated heterocycles. The minimum atomic E-state index is -0.141. The quantitative estimate of drug-likeness (QED) is 0.778. The van der Waals surface area contributed by atoms with Gasteiger partial charge in [0.05, 0.1) is 12.5 Å². The number of hydrogen-bond acceptors (Lipinski definition) is 3. The van der Waals surface area contributed by atoms with Crippen LogP contribution in [0, 0.1) is 0 Å².